The molecule has 0 saturated carbocycles. The zero-order valence-electron chi connectivity index (χ0n) is 19.4. The van der Waals surface area contributed by atoms with E-state index >= 15 is 0 Å². The van der Waals surface area contributed by atoms with Crippen LogP contribution >= 0.6 is 0 Å². The summed E-state index contributed by atoms with van der Waals surface area (Å²) in [6.45, 7) is 5.67. The van der Waals surface area contributed by atoms with Gasteiger partial charge in [0.2, 0.25) is 0 Å². The summed E-state index contributed by atoms with van der Waals surface area (Å²) in [4.78, 5) is 0.610. The summed E-state index contributed by atoms with van der Waals surface area (Å²) in [6, 6.07) is 19.4. The summed E-state index contributed by atoms with van der Waals surface area (Å²) in [6.07, 6.45) is 0. The first-order valence-corrected chi connectivity index (χ1v) is 13.6. The summed E-state index contributed by atoms with van der Waals surface area (Å²) < 4.78 is 79.1. The van der Waals surface area contributed by atoms with Crippen molar-refractivity contribution >= 4 is 32.3 Å². The Morgan fingerprint density at radius 3 is 1.06 bits per heavy atom. The molecule has 0 aliphatic carbocycles. The van der Waals surface area contributed by atoms with Gasteiger partial charge >= 0.3 is 23.7 Å². The van der Waals surface area contributed by atoms with Gasteiger partial charge in [-0.1, -0.05) is 53.1 Å². The van der Waals surface area contributed by atoms with Crippen LogP contribution in [-0.4, -0.2) is 42.7 Å². The summed E-state index contributed by atoms with van der Waals surface area (Å²) in [7, 11) is -3.02. The minimum atomic E-state index is -4.02. The fourth-order valence-corrected chi connectivity index (χ4v) is 3.21. The van der Waals surface area contributed by atoms with E-state index in [1.54, 1.807) is 60.7 Å². The van der Waals surface area contributed by atoms with E-state index in [-0.39, 0.29) is 4.90 Å². The van der Waals surface area contributed by atoms with E-state index in [1.165, 1.54) is 12.1 Å². The monoisotopic (exact) mass is 578 g/mol. The van der Waals surface area contributed by atoms with Gasteiger partial charge in [0, 0.05) is 16.9 Å². The molecule has 3 rings (SSSR count). The third kappa shape index (κ3) is 16.5. The molecule has 13 heteroatoms. The Hall–Kier alpha value is -1.74. The number of aliphatic hydroxyl groups is 1. The third-order valence-corrected chi connectivity index (χ3v) is 5.93. The molecule has 2 unspecified atom stereocenters. The van der Waals surface area contributed by atoms with Crippen LogP contribution in [0.2, 0.25) is 0 Å². The molecular formula is C22H26O9S3Ti. The molecule has 0 bridgehead atoms. The molecule has 0 radical (unpaired) electrons. The van der Waals surface area contributed by atoms with Crippen molar-refractivity contribution in [1.29, 1.82) is 0 Å². The van der Waals surface area contributed by atoms with Crippen molar-refractivity contribution in [2.24, 2.45) is 0 Å². The van der Waals surface area contributed by atoms with Crippen molar-refractivity contribution in [2.75, 3.05) is 7.11 Å². The van der Waals surface area contributed by atoms with Gasteiger partial charge < -0.3 is 14.2 Å². The van der Waals surface area contributed by atoms with Crippen LogP contribution in [0.4, 0.5) is 0 Å². The molecule has 0 saturated heterocycles. The number of benzene rings is 3. The van der Waals surface area contributed by atoms with Gasteiger partial charge in [0.15, 0.2) is 0 Å². The van der Waals surface area contributed by atoms with Crippen LogP contribution in [0.15, 0.2) is 87.5 Å². The fourth-order valence-electron chi connectivity index (χ4n) is 2.01. The second-order valence-electron chi connectivity index (χ2n) is 6.38. The standard InChI is InChI=1S/C7H8O3S.2C7H8O2S.CH4O.O.Ti/c1-6-2-4-7(5-3-6)11(8,9)10;2*1-6-2-4-7(5-3-6)10(8)9;1-2;;/h2-5H,1H3,(H,8,9,10);2*2-5H,1H3,(H,8,9);2H,1H3;;/q;;;;;+2/p-2. The quantitative estimate of drug-likeness (QED) is 0.269. The Morgan fingerprint density at radius 2 is 0.857 bits per heavy atom. The van der Waals surface area contributed by atoms with Gasteiger partial charge in [-0.05, 0) is 79.3 Å². The molecule has 3 aromatic carbocycles. The predicted molar refractivity (Wildman–Crippen MR) is 127 cm³/mol. The van der Waals surface area contributed by atoms with Crippen molar-refractivity contribution in [1.82, 2.24) is 0 Å². The van der Waals surface area contributed by atoms with Gasteiger partial charge in [-0.3, -0.25) is 13.0 Å². The zero-order chi connectivity index (χ0) is 27.6. The number of hydrogen-bond acceptors (Lipinski definition) is 8. The number of rotatable bonds is 3. The maximum atomic E-state index is 10.5. The molecule has 0 aromatic heterocycles. The minimum absolute atomic E-state index is 0.0666. The molecule has 0 heterocycles. The van der Waals surface area contributed by atoms with E-state index in [9.17, 15) is 25.9 Å². The molecule has 35 heavy (non-hydrogen) atoms. The SMILES string of the molecule is CO.Cc1ccc(S(=O)(=O)O)cc1.Cc1ccc(S(=O)[O-])cc1.Cc1ccc(S(=O)[O-])cc1.[O]=[Ti+2]. The normalized spacial score (nSPS) is 11.4. The average Bonchev–Trinajstić information content (AvgIpc) is 2.83. The molecule has 0 aliphatic heterocycles. The van der Waals surface area contributed by atoms with Crippen molar-refractivity contribution in [3.8, 4) is 0 Å². The van der Waals surface area contributed by atoms with Crippen molar-refractivity contribution in [3.05, 3.63) is 89.5 Å². The van der Waals surface area contributed by atoms with E-state index in [2.05, 4.69) is 0 Å². The maximum absolute atomic E-state index is 10.5. The Bertz CT molecular complexity index is 1080. The fraction of sp³-hybridized carbons (Fsp3) is 0.182. The van der Waals surface area contributed by atoms with Crippen molar-refractivity contribution in [2.45, 2.75) is 35.5 Å². The van der Waals surface area contributed by atoms with E-state index in [0.29, 0.717) is 9.79 Å². The summed E-state index contributed by atoms with van der Waals surface area (Å²) in [5.41, 5.74) is 3.08. The second-order valence-corrected chi connectivity index (χ2v) is 9.69. The second kappa shape index (κ2) is 19.5. The van der Waals surface area contributed by atoms with E-state index in [0.717, 1.165) is 44.2 Å². The molecule has 0 spiro atoms. The predicted octanol–water partition coefficient (Wildman–Crippen LogP) is 3.19. The molecule has 2 atom stereocenters. The average molecular weight is 579 g/mol. The van der Waals surface area contributed by atoms with Crippen LogP contribution in [0.5, 0.6) is 0 Å². The van der Waals surface area contributed by atoms with Gasteiger partial charge in [0.05, 0.1) is 4.90 Å². The van der Waals surface area contributed by atoms with Crippen LogP contribution < -0.4 is 0 Å². The molecule has 3 aromatic rings. The van der Waals surface area contributed by atoms with E-state index in [4.69, 9.17) is 13.0 Å². The van der Waals surface area contributed by atoms with Crippen LogP contribution in [0.25, 0.3) is 0 Å². The first-order chi connectivity index (χ1) is 16.4. The summed E-state index contributed by atoms with van der Waals surface area (Å²) in [5, 5.41) is 7.00. The van der Waals surface area contributed by atoms with Crippen molar-refractivity contribution < 1.29 is 59.3 Å². The Balaban J connectivity index is 0. The zero-order valence-corrected chi connectivity index (χ0v) is 23.4. The van der Waals surface area contributed by atoms with Gasteiger partial charge in [-0.2, -0.15) is 8.42 Å². The van der Waals surface area contributed by atoms with Gasteiger partial charge in [-0.15, -0.1) is 0 Å². The molecule has 0 fully saturated rings. The van der Waals surface area contributed by atoms with Gasteiger partial charge in [-0.25, -0.2) is 0 Å². The number of aryl methyl sites for hydroxylation is 3. The van der Waals surface area contributed by atoms with Gasteiger partial charge in [0.25, 0.3) is 10.1 Å². The molecule has 190 valence electrons. The summed E-state index contributed by atoms with van der Waals surface area (Å²) >= 11 is -3.42. The number of hydrogen-bond donors (Lipinski definition) is 2. The van der Waals surface area contributed by atoms with E-state index in [1.807, 2.05) is 20.8 Å². The van der Waals surface area contributed by atoms with Crippen LogP contribution in [0.3, 0.4) is 0 Å². The van der Waals surface area contributed by atoms with Crippen molar-refractivity contribution in [3.63, 3.8) is 0 Å². The summed E-state index contributed by atoms with van der Waals surface area (Å²) in [5.74, 6) is 0. The Labute approximate surface area is 222 Å². The molecule has 2 N–H and O–H groups in total. The number of aliphatic hydroxyl groups excluding tert-OH is 1. The Morgan fingerprint density at radius 1 is 0.629 bits per heavy atom. The molecular weight excluding hydrogens is 552 g/mol. The first-order valence-electron chi connectivity index (χ1n) is 9.41. The molecule has 0 amide bonds. The first kappa shape index (κ1) is 35.4. The molecule has 9 nitrogen and oxygen atoms in total. The van der Waals surface area contributed by atoms with E-state index < -0.39 is 32.3 Å². The topological polar surface area (TPSA) is 172 Å². The van der Waals surface area contributed by atoms with Crippen LogP contribution in [-0.2, 0) is 56.0 Å². The Kier molecular flexibility index (Phi) is 19.7. The van der Waals surface area contributed by atoms with Crippen LogP contribution in [0, 0.1) is 20.8 Å². The van der Waals surface area contributed by atoms with Crippen LogP contribution in [0.1, 0.15) is 16.7 Å². The third-order valence-electron chi connectivity index (χ3n) is 3.75. The molecule has 0 aliphatic rings. The van der Waals surface area contributed by atoms with Gasteiger partial charge in [0.1, 0.15) is 0 Å².